The van der Waals surface area contributed by atoms with Crippen LogP contribution in [0, 0.1) is 0 Å². The first-order valence-corrected chi connectivity index (χ1v) is 11.3. The highest BCUT2D eigenvalue weighted by molar-refractivity contribution is 7.92. The molecule has 30 heavy (non-hydrogen) atoms. The Balaban J connectivity index is 0.00000225. The molecule has 2 aromatic carbocycles. The molecule has 2 unspecified atom stereocenters. The number of sulfone groups is 1. The maximum Gasteiger partial charge on any atom is 0.180 e. The molecule has 0 bridgehead atoms. The molecule has 1 saturated heterocycles. The fraction of sp³-hybridized carbons (Fsp3) is 0.455. The van der Waals surface area contributed by atoms with Gasteiger partial charge in [-0.1, -0.05) is 30.3 Å². The summed E-state index contributed by atoms with van der Waals surface area (Å²) in [6, 6.07) is 15.6. The van der Waals surface area contributed by atoms with E-state index in [1.54, 1.807) is 39.2 Å². The molecule has 1 aliphatic heterocycles. The van der Waals surface area contributed by atoms with Gasteiger partial charge in [0.15, 0.2) is 9.84 Å². The summed E-state index contributed by atoms with van der Waals surface area (Å²) in [4.78, 5) is 2.68. The summed E-state index contributed by atoms with van der Waals surface area (Å²) in [5, 5.41) is -0.464. The molecule has 2 aromatic rings. The molecule has 0 aromatic heterocycles. The molecule has 1 fully saturated rings. The topological polar surface area (TPSA) is 72.6 Å². The second-order valence-electron chi connectivity index (χ2n) is 7.70. The summed E-state index contributed by atoms with van der Waals surface area (Å²) in [7, 11) is -1.72. The van der Waals surface area contributed by atoms with Crippen LogP contribution >= 0.6 is 24.8 Å². The monoisotopic (exact) mass is 474 g/mol. The van der Waals surface area contributed by atoms with Crippen molar-refractivity contribution in [3.05, 3.63) is 59.7 Å². The molecule has 168 valence electrons. The van der Waals surface area contributed by atoms with Crippen LogP contribution in [0.15, 0.2) is 53.4 Å². The maximum absolute atomic E-state index is 12.6. The third kappa shape index (κ3) is 5.68. The van der Waals surface area contributed by atoms with Crippen molar-refractivity contribution < 1.29 is 13.2 Å². The SMILES string of the molecule is COc1ccc(S(=O)(=O)C(C)C)cc1CN1CCCC(N)C1c1ccccc1.Cl.Cl. The number of nitrogens with two attached hydrogens (primary N) is 1. The average molecular weight is 475 g/mol. The van der Waals surface area contributed by atoms with Crippen LogP contribution in [0.25, 0.3) is 0 Å². The van der Waals surface area contributed by atoms with Crippen LogP contribution in [-0.2, 0) is 16.4 Å². The number of hydrogen-bond donors (Lipinski definition) is 1. The van der Waals surface area contributed by atoms with E-state index in [0.29, 0.717) is 17.2 Å². The Morgan fingerprint density at radius 2 is 1.80 bits per heavy atom. The van der Waals surface area contributed by atoms with Crippen molar-refractivity contribution in [2.45, 2.75) is 55.5 Å². The fourth-order valence-electron chi connectivity index (χ4n) is 3.93. The molecule has 1 aliphatic rings. The summed E-state index contributed by atoms with van der Waals surface area (Å²) in [5.41, 5.74) is 8.56. The molecule has 5 nitrogen and oxygen atoms in total. The van der Waals surface area contributed by atoms with Crippen molar-refractivity contribution in [3.8, 4) is 5.75 Å². The van der Waals surface area contributed by atoms with Gasteiger partial charge in [-0.05, 0) is 57.0 Å². The van der Waals surface area contributed by atoms with Gasteiger partial charge in [0.2, 0.25) is 0 Å². The number of rotatable bonds is 6. The molecule has 0 radical (unpaired) electrons. The van der Waals surface area contributed by atoms with Gasteiger partial charge in [-0.15, -0.1) is 24.8 Å². The zero-order valence-electron chi connectivity index (χ0n) is 17.7. The van der Waals surface area contributed by atoms with E-state index in [2.05, 4.69) is 17.0 Å². The van der Waals surface area contributed by atoms with E-state index in [-0.39, 0.29) is 36.9 Å². The van der Waals surface area contributed by atoms with Gasteiger partial charge in [-0.2, -0.15) is 0 Å². The largest absolute Gasteiger partial charge is 0.496 e. The molecule has 0 saturated carbocycles. The summed E-state index contributed by atoms with van der Waals surface area (Å²) in [6.45, 7) is 4.91. The van der Waals surface area contributed by atoms with E-state index in [9.17, 15) is 8.42 Å². The third-order valence-electron chi connectivity index (χ3n) is 5.50. The number of piperidine rings is 1. The van der Waals surface area contributed by atoms with Gasteiger partial charge in [0.05, 0.1) is 23.3 Å². The van der Waals surface area contributed by atoms with Crippen LogP contribution in [-0.4, -0.2) is 38.3 Å². The normalized spacial score (nSPS) is 19.6. The third-order valence-corrected chi connectivity index (χ3v) is 7.65. The maximum atomic E-state index is 12.6. The van der Waals surface area contributed by atoms with Crippen molar-refractivity contribution in [2.24, 2.45) is 5.73 Å². The van der Waals surface area contributed by atoms with Crippen molar-refractivity contribution in [2.75, 3.05) is 13.7 Å². The first-order valence-electron chi connectivity index (χ1n) is 9.80. The number of methoxy groups -OCH3 is 1. The first kappa shape index (κ1) is 26.7. The Hall–Kier alpha value is -1.31. The smallest absolute Gasteiger partial charge is 0.180 e. The quantitative estimate of drug-likeness (QED) is 0.671. The van der Waals surface area contributed by atoms with E-state index in [1.165, 1.54) is 5.56 Å². The lowest BCUT2D eigenvalue weighted by atomic mass is 9.90. The van der Waals surface area contributed by atoms with Crippen molar-refractivity contribution in [3.63, 3.8) is 0 Å². The first-order chi connectivity index (χ1) is 13.3. The van der Waals surface area contributed by atoms with Crippen LogP contribution < -0.4 is 10.5 Å². The van der Waals surface area contributed by atoms with Crippen LogP contribution in [0.1, 0.15) is 43.9 Å². The predicted molar refractivity (Wildman–Crippen MR) is 127 cm³/mol. The Kier molecular flexibility index (Phi) is 10.1. The minimum Gasteiger partial charge on any atom is -0.496 e. The summed E-state index contributed by atoms with van der Waals surface area (Å²) < 4.78 is 30.8. The Bertz CT molecular complexity index is 908. The van der Waals surface area contributed by atoms with E-state index in [0.717, 1.165) is 24.9 Å². The molecule has 0 amide bonds. The van der Waals surface area contributed by atoms with Gasteiger partial charge in [-0.25, -0.2) is 8.42 Å². The van der Waals surface area contributed by atoms with Crippen molar-refractivity contribution in [1.82, 2.24) is 4.90 Å². The van der Waals surface area contributed by atoms with Gasteiger partial charge >= 0.3 is 0 Å². The van der Waals surface area contributed by atoms with Gasteiger partial charge < -0.3 is 10.5 Å². The average Bonchev–Trinajstić information content (AvgIpc) is 2.68. The van der Waals surface area contributed by atoms with Crippen LogP contribution in [0.3, 0.4) is 0 Å². The van der Waals surface area contributed by atoms with E-state index < -0.39 is 15.1 Å². The van der Waals surface area contributed by atoms with Crippen LogP contribution in [0.2, 0.25) is 0 Å². The van der Waals surface area contributed by atoms with Gasteiger partial charge in [0.25, 0.3) is 0 Å². The molecular weight excluding hydrogens is 443 g/mol. The van der Waals surface area contributed by atoms with Gasteiger partial charge in [-0.3, -0.25) is 4.90 Å². The Morgan fingerprint density at radius 1 is 1.13 bits per heavy atom. The lowest BCUT2D eigenvalue weighted by molar-refractivity contribution is 0.119. The number of likely N-dealkylation sites (tertiary alicyclic amines) is 1. The molecule has 1 heterocycles. The van der Waals surface area contributed by atoms with Crippen molar-refractivity contribution in [1.29, 1.82) is 0 Å². The zero-order valence-corrected chi connectivity index (χ0v) is 20.1. The summed E-state index contributed by atoms with van der Waals surface area (Å²) in [5.74, 6) is 0.702. The van der Waals surface area contributed by atoms with E-state index >= 15 is 0 Å². The Morgan fingerprint density at radius 3 is 2.40 bits per heavy atom. The van der Waals surface area contributed by atoms with Gasteiger partial charge in [0.1, 0.15) is 5.75 Å². The van der Waals surface area contributed by atoms with Crippen LogP contribution in [0.4, 0.5) is 0 Å². The van der Waals surface area contributed by atoms with Crippen LogP contribution in [0.5, 0.6) is 5.75 Å². The van der Waals surface area contributed by atoms with Crippen molar-refractivity contribution >= 4 is 34.7 Å². The molecule has 3 rings (SSSR count). The zero-order chi connectivity index (χ0) is 20.3. The second kappa shape index (κ2) is 11.3. The molecule has 2 N–H and O–H groups in total. The van der Waals surface area contributed by atoms with E-state index in [1.807, 2.05) is 18.2 Å². The van der Waals surface area contributed by atoms with Gasteiger partial charge in [0, 0.05) is 18.2 Å². The summed E-state index contributed by atoms with van der Waals surface area (Å²) >= 11 is 0. The second-order valence-corrected chi connectivity index (χ2v) is 10.2. The highest BCUT2D eigenvalue weighted by Gasteiger charge is 2.31. The minimum atomic E-state index is -3.34. The fourth-order valence-corrected chi connectivity index (χ4v) is 5.04. The Labute approximate surface area is 192 Å². The molecule has 0 spiro atoms. The number of halogens is 2. The molecule has 8 heteroatoms. The molecular formula is C22H32Cl2N2O3S. The number of ether oxygens (including phenoxy) is 1. The highest BCUT2D eigenvalue weighted by atomic mass is 35.5. The molecule has 0 aliphatic carbocycles. The minimum absolute atomic E-state index is 0. The number of nitrogens with zero attached hydrogens (tertiary/aromatic N) is 1. The predicted octanol–water partition coefficient (Wildman–Crippen LogP) is 4.39. The highest BCUT2D eigenvalue weighted by Crippen LogP contribution is 2.34. The number of benzene rings is 2. The number of hydrogen-bond acceptors (Lipinski definition) is 5. The van der Waals surface area contributed by atoms with E-state index in [4.69, 9.17) is 10.5 Å². The standard InChI is InChI=1S/C22H30N2O3S.2ClH/c1-16(2)28(25,26)19-11-12-21(27-3)18(14-19)15-24-13-7-10-20(23)22(24)17-8-5-4-6-9-17;;/h4-6,8-9,11-12,14,16,20,22H,7,10,13,15,23H2,1-3H3;2*1H. The summed E-state index contributed by atoms with van der Waals surface area (Å²) in [6.07, 6.45) is 2.01. The lowest BCUT2D eigenvalue weighted by Gasteiger charge is -2.40. The lowest BCUT2D eigenvalue weighted by Crippen LogP contribution is -2.45. The molecule has 2 atom stereocenters.